The lowest BCUT2D eigenvalue weighted by atomic mass is 10.00. The van der Waals surface area contributed by atoms with E-state index in [0.717, 1.165) is 30.6 Å². The Morgan fingerprint density at radius 1 is 0.556 bits per heavy atom. The van der Waals surface area contributed by atoms with Gasteiger partial charge in [0.25, 0.3) is 0 Å². The Balaban J connectivity index is 1.33. The van der Waals surface area contributed by atoms with E-state index in [2.05, 4.69) is 45.0 Å². The van der Waals surface area contributed by atoms with Crippen molar-refractivity contribution in [2.75, 3.05) is 6.61 Å². The number of rotatable bonds is 24. The third-order valence-electron chi connectivity index (χ3n) is 8.90. The van der Waals surface area contributed by atoms with Crippen LogP contribution in [-0.2, 0) is 11.2 Å². The number of carbonyl (C=O) groups is 1. The number of hydrogen-bond acceptors (Lipinski definition) is 3. The summed E-state index contributed by atoms with van der Waals surface area (Å²) in [5.74, 6) is 0.205. The lowest BCUT2D eigenvalue weighted by molar-refractivity contribution is 0.0627. The minimum Gasteiger partial charge on any atom is -0.423 e. The topological polar surface area (TPSA) is 35.5 Å². The number of hydrogen-bond donors (Lipinski definition) is 0. The van der Waals surface area contributed by atoms with Gasteiger partial charge in [0.15, 0.2) is 0 Å². The number of aryl methyl sites for hydroxylation is 1. The molecule has 0 amide bonds. The second kappa shape index (κ2) is 22.6. The molecule has 3 heteroatoms. The highest BCUT2D eigenvalue weighted by atomic mass is 16.5. The zero-order chi connectivity index (χ0) is 32.0. The van der Waals surface area contributed by atoms with Gasteiger partial charge >= 0.3 is 5.97 Å². The van der Waals surface area contributed by atoms with E-state index in [1.54, 1.807) is 0 Å². The van der Waals surface area contributed by atoms with Crippen LogP contribution in [0.15, 0.2) is 72.8 Å². The molecule has 1 unspecified atom stereocenters. The molecule has 3 rings (SSSR count). The fourth-order valence-electron chi connectivity index (χ4n) is 5.87. The average molecular weight is 613 g/mol. The molecule has 0 aliphatic heterocycles. The van der Waals surface area contributed by atoms with Crippen LogP contribution in [-0.4, -0.2) is 12.6 Å². The predicted octanol–water partition coefficient (Wildman–Crippen LogP) is 12.9. The minimum atomic E-state index is -0.343. The zero-order valence-electron chi connectivity index (χ0n) is 28.7. The molecule has 0 fully saturated rings. The van der Waals surface area contributed by atoms with Gasteiger partial charge < -0.3 is 9.47 Å². The number of ether oxygens (including phenoxy) is 2. The highest BCUT2D eigenvalue weighted by Crippen LogP contribution is 2.24. The summed E-state index contributed by atoms with van der Waals surface area (Å²) in [5, 5.41) is 0. The molecule has 0 aromatic heterocycles. The van der Waals surface area contributed by atoms with Gasteiger partial charge in [0.1, 0.15) is 5.75 Å². The first-order valence-electron chi connectivity index (χ1n) is 18.2. The van der Waals surface area contributed by atoms with Crippen molar-refractivity contribution in [1.29, 1.82) is 0 Å². The van der Waals surface area contributed by atoms with E-state index < -0.39 is 0 Å². The van der Waals surface area contributed by atoms with Gasteiger partial charge in [0.2, 0.25) is 0 Å². The summed E-state index contributed by atoms with van der Waals surface area (Å²) < 4.78 is 11.7. The molecule has 0 radical (unpaired) electrons. The molecular weight excluding hydrogens is 552 g/mol. The van der Waals surface area contributed by atoms with E-state index >= 15 is 0 Å². The van der Waals surface area contributed by atoms with Crippen LogP contribution in [0.1, 0.15) is 158 Å². The van der Waals surface area contributed by atoms with E-state index in [1.807, 2.05) is 48.5 Å². The SMILES string of the molecule is CCCCCCCCCCCCOC(C)c1ccc(OC(=O)c2ccc(-c3ccc(CCCCCCCCC)cc3)cc2)cc1. The highest BCUT2D eigenvalue weighted by Gasteiger charge is 2.11. The van der Waals surface area contributed by atoms with Crippen LogP contribution in [0.3, 0.4) is 0 Å². The molecule has 0 saturated heterocycles. The maximum Gasteiger partial charge on any atom is 0.343 e. The number of unbranched alkanes of at least 4 members (excludes halogenated alkanes) is 15. The predicted molar refractivity (Wildman–Crippen MR) is 191 cm³/mol. The van der Waals surface area contributed by atoms with Gasteiger partial charge in [-0.2, -0.15) is 0 Å². The lowest BCUT2D eigenvalue weighted by Crippen LogP contribution is -2.08. The van der Waals surface area contributed by atoms with Gasteiger partial charge in [0.05, 0.1) is 11.7 Å². The highest BCUT2D eigenvalue weighted by molar-refractivity contribution is 5.91. The van der Waals surface area contributed by atoms with E-state index in [9.17, 15) is 4.79 Å². The fourth-order valence-corrected chi connectivity index (χ4v) is 5.87. The third-order valence-corrected chi connectivity index (χ3v) is 8.90. The van der Waals surface area contributed by atoms with Crippen molar-refractivity contribution in [3.8, 4) is 16.9 Å². The van der Waals surface area contributed by atoms with Crippen LogP contribution in [0.4, 0.5) is 0 Å². The van der Waals surface area contributed by atoms with Crippen LogP contribution in [0.25, 0.3) is 11.1 Å². The molecule has 1 atom stereocenters. The largest absolute Gasteiger partial charge is 0.423 e. The molecule has 0 spiro atoms. The van der Waals surface area contributed by atoms with Crippen LogP contribution in [0, 0.1) is 0 Å². The van der Waals surface area contributed by atoms with Crippen molar-refractivity contribution in [2.45, 2.75) is 142 Å². The summed E-state index contributed by atoms with van der Waals surface area (Å²) in [6.07, 6.45) is 23.8. The molecule has 0 bridgehead atoms. The smallest absolute Gasteiger partial charge is 0.343 e. The van der Waals surface area contributed by atoms with Gasteiger partial charge in [0, 0.05) is 6.61 Å². The maximum atomic E-state index is 12.8. The Morgan fingerprint density at radius 2 is 1.02 bits per heavy atom. The summed E-state index contributed by atoms with van der Waals surface area (Å²) in [7, 11) is 0. The lowest BCUT2D eigenvalue weighted by Gasteiger charge is -2.14. The normalized spacial score (nSPS) is 11.9. The fraction of sp³-hybridized carbons (Fsp3) is 0.548. The molecule has 0 aliphatic carbocycles. The Hall–Kier alpha value is -2.91. The van der Waals surface area contributed by atoms with Gasteiger partial charge in [-0.25, -0.2) is 4.79 Å². The summed E-state index contributed by atoms with van der Waals surface area (Å²) >= 11 is 0. The van der Waals surface area contributed by atoms with Crippen molar-refractivity contribution in [1.82, 2.24) is 0 Å². The molecule has 3 aromatic carbocycles. The average Bonchev–Trinajstić information content (AvgIpc) is 3.07. The first-order valence-corrected chi connectivity index (χ1v) is 18.2. The minimum absolute atomic E-state index is 0.0234. The number of benzene rings is 3. The maximum absolute atomic E-state index is 12.8. The summed E-state index contributed by atoms with van der Waals surface area (Å²) in [6, 6.07) is 24.2. The van der Waals surface area contributed by atoms with Gasteiger partial charge in [-0.15, -0.1) is 0 Å². The van der Waals surface area contributed by atoms with Gasteiger partial charge in [-0.3, -0.25) is 0 Å². The molecule has 246 valence electrons. The zero-order valence-corrected chi connectivity index (χ0v) is 28.7. The second-order valence-corrected chi connectivity index (χ2v) is 12.8. The van der Waals surface area contributed by atoms with Gasteiger partial charge in [-0.05, 0) is 72.7 Å². The summed E-state index contributed by atoms with van der Waals surface area (Å²) in [5.41, 5.74) is 5.31. The van der Waals surface area contributed by atoms with Crippen molar-refractivity contribution < 1.29 is 14.3 Å². The molecule has 0 heterocycles. The van der Waals surface area contributed by atoms with Crippen LogP contribution >= 0.6 is 0 Å². The molecule has 45 heavy (non-hydrogen) atoms. The Morgan fingerprint density at radius 3 is 1.56 bits per heavy atom. The molecular formula is C42H60O3. The quantitative estimate of drug-likeness (QED) is 0.0573. The monoisotopic (exact) mass is 612 g/mol. The van der Waals surface area contributed by atoms with E-state index in [4.69, 9.17) is 9.47 Å². The molecule has 3 nitrogen and oxygen atoms in total. The third kappa shape index (κ3) is 14.8. The van der Waals surface area contributed by atoms with E-state index in [1.165, 1.54) is 114 Å². The van der Waals surface area contributed by atoms with Crippen LogP contribution in [0.5, 0.6) is 5.75 Å². The molecule has 0 saturated carbocycles. The number of esters is 1. The van der Waals surface area contributed by atoms with Crippen molar-refractivity contribution >= 4 is 5.97 Å². The Labute approximate surface area is 275 Å². The Bertz CT molecular complexity index is 1160. The van der Waals surface area contributed by atoms with Crippen LogP contribution < -0.4 is 4.74 Å². The Kier molecular flexibility index (Phi) is 18.3. The summed E-state index contributed by atoms with van der Waals surface area (Å²) in [6.45, 7) is 7.41. The van der Waals surface area contributed by atoms with Crippen molar-refractivity contribution in [2.24, 2.45) is 0 Å². The molecule has 0 N–H and O–H groups in total. The van der Waals surface area contributed by atoms with Crippen LogP contribution in [0.2, 0.25) is 0 Å². The molecule has 3 aromatic rings. The van der Waals surface area contributed by atoms with E-state index in [0.29, 0.717) is 11.3 Å². The van der Waals surface area contributed by atoms with Crippen molar-refractivity contribution in [3.63, 3.8) is 0 Å². The number of carbonyl (C=O) groups excluding carboxylic acids is 1. The standard InChI is InChI=1S/C42H60O3/c1-4-6-8-10-12-13-14-16-18-20-34-44-35(3)37-30-32-41(33-31-37)45-42(43)40-28-26-39(27-29-40)38-24-22-36(23-25-38)21-19-17-15-11-9-7-5-2/h22-33,35H,4-21,34H2,1-3H3. The first kappa shape index (κ1) is 36.6. The van der Waals surface area contributed by atoms with E-state index in [-0.39, 0.29) is 12.1 Å². The second-order valence-electron chi connectivity index (χ2n) is 12.8. The summed E-state index contributed by atoms with van der Waals surface area (Å²) in [4.78, 5) is 12.8. The van der Waals surface area contributed by atoms with Gasteiger partial charge in [-0.1, -0.05) is 159 Å². The molecule has 0 aliphatic rings. The van der Waals surface area contributed by atoms with Crippen molar-refractivity contribution in [3.05, 3.63) is 89.5 Å². The first-order chi connectivity index (χ1) is 22.1.